The third-order valence-corrected chi connectivity index (χ3v) is 8.87. The summed E-state index contributed by atoms with van der Waals surface area (Å²) in [5.41, 5.74) is 2.29. The Balaban J connectivity index is 1.50. The number of rotatable bonds is 1. The fourth-order valence-corrected chi connectivity index (χ4v) is 6.68. The maximum atomic E-state index is 12.9. The number of morpholine rings is 1. The smallest absolute Gasteiger partial charge is 0.251 e. The number of hydrogen-bond donors (Lipinski definition) is 3. The standard InChI is InChI=1S/C24H24N6O5S2/c1-34-24-19-8-15(10-26-24)20-9-18-21(36-20)22(28-13-27-18)30-5-6-35-16(12-30)11-25-23(31)14-3-2-4-17(7-14)37(32,33)29-19/h2-4,7-10,13,16,29,32-33H,5-6,11-12H2,1H3,(H,25,31)/p+1/t16-/m0/s1. The van der Waals surface area contributed by atoms with E-state index in [4.69, 9.17) is 14.0 Å². The molecule has 37 heavy (non-hydrogen) atoms. The minimum atomic E-state index is -3.31. The van der Waals surface area contributed by atoms with Crippen LogP contribution < -0.4 is 19.7 Å². The summed E-state index contributed by atoms with van der Waals surface area (Å²) in [6.07, 6.45) is 3.02. The number of anilines is 2. The number of nitrogens with one attached hydrogen (secondary N) is 2. The number of amides is 1. The number of aromatic nitrogens is 3. The van der Waals surface area contributed by atoms with E-state index in [1.54, 1.807) is 48.1 Å². The summed E-state index contributed by atoms with van der Waals surface area (Å²) in [4.78, 5) is 29.8. The monoisotopic (exact) mass is 541 g/mol. The van der Waals surface area contributed by atoms with Gasteiger partial charge in [-0.05, 0) is 30.3 Å². The Morgan fingerprint density at radius 1 is 1.24 bits per heavy atom. The molecule has 0 aliphatic carbocycles. The zero-order chi connectivity index (χ0) is 25.6. The minimum absolute atomic E-state index is 0.224. The van der Waals surface area contributed by atoms with Gasteiger partial charge in [0, 0.05) is 52.6 Å². The lowest BCUT2D eigenvalue weighted by molar-refractivity contribution is 0.0395. The quantitative estimate of drug-likeness (QED) is 0.310. The van der Waals surface area contributed by atoms with Gasteiger partial charge in [-0.1, -0.05) is 6.07 Å². The highest BCUT2D eigenvalue weighted by molar-refractivity contribution is 8.25. The van der Waals surface area contributed by atoms with Gasteiger partial charge in [-0.3, -0.25) is 4.79 Å². The molecule has 1 fully saturated rings. The molecule has 6 rings (SSSR count). The fraction of sp³-hybridized carbons (Fsp3) is 0.250. The molecule has 2 aliphatic heterocycles. The largest absolute Gasteiger partial charge is 0.479 e. The molecule has 1 saturated heterocycles. The van der Waals surface area contributed by atoms with E-state index in [1.165, 1.54) is 13.2 Å². The molecule has 2 atom stereocenters. The molecule has 5 N–H and O–H groups in total. The van der Waals surface area contributed by atoms with Crippen LogP contribution in [-0.2, 0) is 4.74 Å². The van der Waals surface area contributed by atoms with Crippen molar-refractivity contribution in [2.24, 2.45) is 0 Å². The van der Waals surface area contributed by atoms with Crippen LogP contribution in [0, 0.1) is 0 Å². The Bertz CT molecular complexity index is 1500. The first kappa shape index (κ1) is 23.9. The van der Waals surface area contributed by atoms with Crippen LogP contribution in [0.4, 0.5) is 11.5 Å². The molecule has 0 spiro atoms. The van der Waals surface area contributed by atoms with E-state index in [-0.39, 0.29) is 22.8 Å². The van der Waals surface area contributed by atoms with Crippen molar-refractivity contribution < 1.29 is 23.4 Å². The molecule has 192 valence electrons. The molecule has 11 nitrogen and oxygen atoms in total. The second kappa shape index (κ2) is 9.43. The van der Waals surface area contributed by atoms with Crippen LogP contribution in [0.1, 0.15) is 10.4 Å². The van der Waals surface area contributed by atoms with E-state index in [0.29, 0.717) is 37.5 Å². The lowest BCUT2D eigenvalue weighted by Gasteiger charge is -2.34. The van der Waals surface area contributed by atoms with Crippen LogP contribution in [0.15, 0.2) is 53.8 Å². The predicted octanol–water partition coefficient (Wildman–Crippen LogP) is 3.01. The number of carbonyl (C=O) groups excluding carboxylic acids is 1. The molecular formula is C24H25N6O5S2+. The number of nitrogens with zero attached hydrogens (tertiary/aromatic N) is 4. The molecule has 2 aliphatic rings. The van der Waals surface area contributed by atoms with E-state index in [0.717, 1.165) is 26.5 Å². The molecule has 5 heterocycles. The Kier molecular flexibility index (Phi) is 6.09. The second-order valence-corrected chi connectivity index (χ2v) is 11.5. The summed E-state index contributed by atoms with van der Waals surface area (Å²) in [6, 6.07) is 10.2. The molecular weight excluding hydrogens is 516 g/mol. The van der Waals surface area contributed by atoms with Gasteiger partial charge in [0.15, 0.2) is 0 Å². The van der Waals surface area contributed by atoms with Crippen LogP contribution >= 0.6 is 22.1 Å². The van der Waals surface area contributed by atoms with E-state index < -0.39 is 10.8 Å². The van der Waals surface area contributed by atoms with Crippen LogP contribution in [0.5, 0.6) is 5.88 Å². The summed E-state index contributed by atoms with van der Waals surface area (Å²) in [5.74, 6) is 0.748. The molecule has 1 amide bonds. The zero-order valence-electron chi connectivity index (χ0n) is 19.8. The van der Waals surface area contributed by atoms with Crippen molar-refractivity contribution in [3.8, 4) is 16.3 Å². The third-order valence-electron chi connectivity index (χ3n) is 6.25. The van der Waals surface area contributed by atoms with E-state index >= 15 is 0 Å². The van der Waals surface area contributed by atoms with Crippen molar-refractivity contribution in [1.29, 1.82) is 0 Å². The van der Waals surface area contributed by atoms with Gasteiger partial charge in [0.2, 0.25) is 5.88 Å². The van der Waals surface area contributed by atoms with E-state index in [1.807, 2.05) is 6.07 Å². The summed E-state index contributed by atoms with van der Waals surface area (Å²) >= 11 is 1.54. The molecule has 0 saturated carbocycles. The van der Waals surface area contributed by atoms with Gasteiger partial charge in [-0.2, -0.15) is 0 Å². The van der Waals surface area contributed by atoms with Gasteiger partial charge in [0.25, 0.3) is 5.91 Å². The number of pyridine rings is 1. The van der Waals surface area contributed by atoms with Gasteiger partial charge in [0.1, 0.15) is 22.7 Å². The molecule has 0 radical (unpaired) electrons. The predicted molar refractivity (Wildman–Crippen MR) is 144 cm³/mol. The molecule has 3 aromatic heterocycles. The molecule has 1 unspecified atom stereocenters. The molecule has 13 heteroatoms. The van der Waals surface area contributed by atoms with Gasteiger partial charge in [-0.15, -0.1) is 11.3 Å². The summed E-state index contributed by atoms with van der Waals surface area (Å²) in [6.45, 7) is 2.06. The van der Waals surface area contributed by atoms with Gasteiger partial charge in [-0.25, -0.2) is 24.2 Å². The Morgan fingerprint density at radius 3 is 3.00 bits per heavy atom. The zero-order valence-corrected chi connectivity index (χ0v) is 21.4. The van der Waals surface area contributed by atoms with Gasteiger partial charge >= 0.3 is 0 Å². The number of carbonyl (C=O) groups is 1. The van der Waals surface area contributed by atoms with Crippen molar-refractivity contribution in [2.75, 3.05) is 43.0 Å². The number of methoxy groups -OCH3 is 1. The van der Waals surface area contributed by atoms with Crippen LogP contribution in [0.25, 0.3) is 20.7 Å². The molecule has 8 bridgehead atoms. The molecule has 1 aromatic carbocycles. The van der Waals surface area contributed by atoms with Gasteiger partial charge in [0.05, 0.1) is 30.0 Å². The first-order chi connectivity index (χ1) is 17.9. The Hall–Kier alpha value is -3.49. The average Bonchev–Trinajstić information content (AvgIpc) is 3.36. The van der Waals surface area contributed by atoms with Crippen molar-refractivity contribution >= 4 is 49.7 Å². The average molecular weight is 542 g/mol. The number of hydrogen-bond acceptors (Lipinski definition) is 10. The lowest BCUT2D eigenvalue weighted by Crippen LogP contribution is -2.48. The normalized spacial score (nSPS) is 23.4. The van der Waals surface area contributed by atoms with Crippen LogP contribution in [-0.4, -0.2) is 69.4 Å². The van der Waals surface area contributed by atoms with Crippen LogP contribution in [0.3, 0.4) is 0 Å². The minimum Gasteiger partial charge on any atom is -0.479 e. The van der Waals surface area contributed by atoms with Crippen LogP contribution in [0.2, 0.25) is 0 Å². The Morgan fingerprint density at radius 2 is 2.14 bits per heavy atom. The number of fused-ring (bicyclic) bond motifs is 9. The highest BCUT2D eigenvalue weighted by Gasteiger charge is 2.27. The summed E-state index contributed by atoms with van der Waals surface area (Å²) < 4.78 is 35.0. The maximum absolute atomic E-state index is 12.9. The lowest BCUT2D eigenvalue weighted by atomic mass is 10.2. The topological polar surface area (TPSA) is 145 Å². The van der Waals surface area contributed by atoms with Crippen molar-refractivity contribution in [3.05, 3.63) is 54.5 Å². The van der Waals surface area contributed by atoms with Crippen molar-refractivity contribution in [3.63, 3.8) is 0 Å². The van der Waals surface area contributed by atoms with Gasteiger partial charge < -0.3 is 24.2 Å². The molecule has 4 aromatic rings. The summed E-state index contributed by atoms with van der Waals surface area (Å²) in [7, 11) is -1.83. The fourth-order valence-electron chi connectivity index (χ4n) is 4.42. The summed E-state index contributed by atoms with van der Waals surface area (Å²) in [5, 5.41) is 2.92. The van der Waals surface area contributed by atoms with Crippen molar-refractivity contribution in [2.45, 2.75) is 11.0 Å². The highest BCUT2D eigenvalue weighted by atomic mass is 32.3. The first-order valence-corrected chi connectivity index (χ1v) is 13.9. The SMILES string of the molecule is COc1ncc2cc1NS(O)([OH2+])c1cccc(c1)C(=O)NC[C@H]1CN(CCO1)c1ncnc3cc-2sc13. The second-order valence-electron chi connectivity index (χ2n) is 8.66. The maximum Gasteiger partial charge on any atom is 0.251 e. The highest BCUT2D eigenvalue weighted by Crippen LogP contribution is 2.50. The number of benzene rings is 1. The number of ether oxygens (including phenoxy) is 2. The number of thiophene rings is 1. The van der Waals surface area contributed by atoms with E-state index in [9.17, 15) is 9.35 Å². The Labute approximate surface area is 218 Å². The third kappa shape index (κ3) is 4.55. The first-order valence-electron chi connectivity index (χ1n) is 11.5. The van der Waals surface area contributed by atoms with E-state index in [2.05, 4.69) is 29.9 Å². The van der Waals surface area contributed by atoms with Crippen molar-refractivity contribution in [1.82, 2.24) is 20.3 Å².